The minimum atomic E-state index is 0.220. The summed E-state index contributed by atoms with van der Waals surface area (Å²) >= 11 is 0. The standard InChI is InChI=1S/C11H24N2/c1-9(2)13-11(8-12)6-5-10(3,4)7-11/h9,13H,5-8,12H2,1-4H3. The molecule has 0 aromatic rings. The Kier molecular flexibility index (Phi) is 3.03. The Balaban J connectivity index is 2.63. The molecule has 0 amide bonds. The van der Waals surface area contributed by atoms with Crippen molar-refractivity contribution in [3.8, 4) is 0 Å². The van der Waals surface area contributed by atoms with Gasteiger partial charge in [0, 0.05) is 18.1 Å². The summed E-state index contributed by atoms with van der Waals surface area (Å²) in [5.74, 6) is 0. The monoisotopic (exact) mass is 184 g/mol. The number of hydrogen-bond acceptors (Lipinski definition) is 2. The van der Waals surface area contributed by atoms with Crippen LogP contribution in [-0.4, -0.2) is 18.1 Å². The van der Waals surface area contributed by atoms with E-state index in [1.54, 1.807) is 0 Å². The minimum Gasteiger partial charge on any atom is -0.329 e. The third-order valence-electron chi connectivity index (χ3n) is 3.08. The summed E-state index contributed by atoms with van der Waals surface area (Å²) in [6, 6.07) is 0.539. The third-order valence-corrected chi connectivity index (χ3v) is 3.08. The summed E-state index contributed by atoms with van der Waals surface area (Å²) in [6.45, 7) is 9.85. The second-order valence-corrected chi connectivity index (χ2v) is 5.62. The van der Waals surface area contributed by atoms with Gasteiger partial charge in [0.25, 0.3) is 0 Å². The lowest BCUT2D eigenvalue weighted by molar-refractivity contribution is 0.274. The highest BCUT2D eigenvalue weighted by atomic mass is 15.0. The lowest BCUT2D eigenvalue weighted by Gasteiger charge is -2.33. The van der Waals surface area contributed by atoms with E-state index in [9.17, 15) is 0 Å². The molecule has 13 heavy (non-hydrogen) atoms. The second kappa shape index (κ2) is 3.58. The van der Waals surface area contributed by atoms with Crippen LogP contribution >= 0.6 is 0 Å². The van der Waals surface area contributed by atoms with Crippen molar-refractivity contribution in [2.75, 3.05) is 6.54 Å². The maximum Gasteiger partial charge on any atom is 0.0311 e. The molecule has 0 saturated heterocycles. The Morgan fingerprint density at radius 3 is 2.23 bits per heavy atom. The topological polar surface area (TPSA) is 38.0 Å². The summed E-state index contributed by atoms with van der Waals surface area (Å²) in [6.07, 6.45) is 3.74. The van der Waals surface area contributed by atoms with E-state index >= 15 is 0 Å². The fourth-order valence-corrected chi connectivity index (χ4v) is 2.64. The van der Waals surface area contributed by atoms with Crippen LogP contribution in [0.1, 0.15) is 47.0 Å². The summed E-state index contributed by atoms with van der Waals surface area (Å²) < 4.78 is 0. The van der Waals surface area contributed by atoms with Gasteiger partial charge in [0.1, 0.15) is 0 Å². The van der Waals surface area contributed by atoms with Crippen LogP contribution in [-0.2, 0) is 0 Å². The van der Waals surface area contributed by atoms with Crippen LogP contribution in [0.3, 0.4) is 0 Å². The average Bonchev–Trinajstić information content (AvgIpc) is 2.26. The Morgan fingerprint density at radius 2 is 1.92 bits per heavy atom. The van der Waals surface area contributed by atoms with Crippen molar-refractivity contribution in [2.45, 2.75) is 58.5 Å². The second-order valence-electron chi connectivity index (χ2n) is 5.62. The van der Waals surface area contributed by atoms with Gasteiger partial charge in [-0.1, -0.05) is 27.7 Å². The molecule has 0 spiro atoms. The Hall–Kier alpha value is -0.0800. The molecule has 0 bridgehead atoms. The van der Waals surface area contributed by atoms with Crippen LogP contribution < -0.4 is 11.1 Å². The lowest BCUT2D eigenvalue weighted by atomic mass is 9.87. The Labute approximate surface area is 82.3 Å². The molecule has 2 heteroatoms. The van der Waals surface area contributed by atoms with Crippen molar-refractivity contribution >= 4 is 0 Å². The van der Waals surface area contributed by atoms with E-state index in [0.29, 0.717) is 11.5 Å². The molecule has 1 saturated carbocycles. The Bertz CT molecular complexity index is 175. The first kappa shape index (κ1) is 11.0. The SMILES string of the molecule is CC(C)NC1(CN)CCC(C)(C)C1. The highest BCUT2D eigenvalue weighted by Gasteiger charge is 2.42. The molecule has 0 aliphatic heterocycles. The quantitative estimate of drug-likeness (QED) is 0.703. The van der Waals surface area contributed by atoms with Gasteiger partial charge in [-0.2, -0.15) is 0 Å². The molecule has 1 fully saturated rings. The van der Waals surface area contributed by atoms with Gasteiger partial charge in [-0.05, 0) is 24.7 Å². The van der Waals surface area contributed by atoms with E-state index in [-0.39, 0.29) is 5.54 Å². The van der Waals surface area contributed by atoms with E-state index in [1.807, 2.05) is 0 Å². The van der Waals surface area contributed by atoms with Gasteiger partial charge in [0.15, 0.2) is 0 Å². The molecular formula is C11H24N2. The molecule has 78 valence electrons. The van der Waals surface area contributed by atoms with Crippen LogP contribution in [0.25, 0.3) is 0 Å². The first-order chi connectivity index (χ1) is 5.89. The normalized spacial score (nSPS) is 32.8. The maximum absolute atomic E-state index is 5.88. The van der Waals surface area contributed by atoms with Crippen molar-refractivity contribution in [3.63, 3.8) is 0 Å². The molecule has 1 aliphatic carbocycles. The van der Waals surface area contributed by atoms with E-state index in [4.69, 9.17) is 5.73 Å². The molecule has 0 radical (unpaired) electrons. The number of nitrogens with two attached hydrogens (primary N) is 1. The zero-order valence-electron chi connectivity index (χ0n) is 9.48. The van der Waals surface area contributed by atoms with Crippen LogP contribution in [0.2, 0.25) is 0 Å². The van der Waals surface area contributed by atoms with E-state index < -0.39 is 0 Å². The van der Waals surface area contributed by atoms with Crippen LogP contribution in [0.4, 0.5) is 0 Å². The van der Waals surface area contributed by atoms with Gasteiger partial charge >= 0.3 is 0 Å². The summed E-state index contributed by atoms with van der Waals surface area (Å²) in [5.41, 5.74) is 6.57. The summed E-state index contributed by atoms with van der Waals surface area (Å²) in [5, 5.41) is 3.64. The lowest BCUT2D eigenvalue weighted by Crippen LogP contribution is -2.52. The van der Waals surface area contributed by atoms with Crippen molar-refractivity contribution in [3.05, 3.63) is 0 Å². The molecule has 3 N–H and O–H groups in total. The zero-order chi connectivity index (χ0) is 10.1. The van der Waals surface area contributed by atoms with Gasteiger partial charge in [0.2, 0.25) is 0 Å². The average molecular weight is 184 g/mol. The fraction of sp³-hybridized carbons (Fsp3) is 1.00. The highest BCUT2D eigenvalue weighted by Crippen LogP contribution is 2.43. The highest BCUT2D eigenvalue weighted by molar-refractivity contribution is 5.01. The molecular weight excluding hydrogens is 160 g/mol. The van der Waals surface area contributed by atoms with Crippen molar-refractivity contribution in [1.29, 1.82) is 0 Å². The first-order valence-corrected chi connectivity index (χ1v) is 5.37. The van der Waals surface area contributed by atoms with Crippen molar-refractivity contribution in [2.24, 2.45) is 11.1 Å². The van der Waals surface area contributed by atoms with Gasteiger partial charge in [-0.15, -0.1) is 0 Å². The zero-order valence-corrected chi connectivity index (χ0v) is 9.48. The predicted octanol–water partition coefficient (Wildman–Crippen LogP) is 1.89. The van der Waals surface area contributed by atoms with Crippen molar-refractivity contribution in [1.82, 2.24) is 5.32 Å². The van der Waals surface area contributed by atoms with Gasteiger partial charge < -0.3 is 11.1 Å². The fourth-order valence-electron chi connectivity index (χ4n) is 2.64. The van der Waals surface area contributed by atoms with Gasteiger partial charge in [-0.25, -0.2) is 0 Å². The molecule has 0 aromatic carbocycles. The van der Waals surface area contributed by atoms with E-state index in [2.05, 4.69) is 33.0 Å². The third kappa shape index (κ3) is 2.68. The first-order valence-electron chi connectivity index (χ1n) is 5.37. The van der Waals surface area contributed by atoms with E-state index in [0.717, 1.165) is 6.54 Å². The molecule has 1 rings (SSSR count). The molecule has 1 atom stereocenters. The molecule has 2 nitrogen and oxygen atoms in total. The number of hydrogen-bond donors (Lipinski definition) is 2. The van der Waals surface area contributed by atoms with Crippen LogP contribution in [0.15, 0.2) is 0 Å². The molecule has 0 aromatic heterocycles. The van der Waals surface area contributed by atoms with Crippen LogP contribution in [0.5, 0.6) is 0 Å². The van der Waals surface area contributed by atoms with E-state index in [1.165, 1.54) is 19.3 Å². The number of nitrogens with one attached hydrogen (secondary N) is 1. The Morgan fingerprint density at radius 1 is 1.31 bits per heavy atom. The van der Waals surface area contributed by atoms with Gasteiger partial charge in [-0.3, -0.25) is 0 Å². The largest absolute Gasteiger partial charge is 0.329 e. The van der Waals surface area contributed by atoms with Crippen molar-refractivity contribution < 1.29 is 0 Å². The smallest absolute Gasteiger partial charge is 0.0311 e. The number of rotatable bonds is 3. The minimum absolute atomic E-state index is 0.220. The summed E-state index contributed by atoms with van der Waals surface area (Å²) in [7, 11) is 0. The molecule has 1 aliphatic rings. The predicted molar refractivity (Wildman–Crippen MR) is 57.7 cm³/mol. The maximum atomic E-state index is 5.88. The summed E-state index contributed by atoms with van der Waals surface area (Å²) in [4.78, 5) is 0. The molecule has 0 heterocycles. The van der Waals surface area contributed by atoms with Crippen LogP contribution in [0, 0.1) is 5.41 Å². The molecule has 1 unspecified atom stereocenters. The van der Waals surface area contributed by atoms with Gasteiger partial charge in [0.05, 0.1) is 0 Å².